The molecule has 1 nitrogen and oxygen atoms in total. The first-order valence-electron chi connectivity index (χ1n) is 4.32. The largest absolute Gasteiger partial charge is 0.304 e. The number of benzene rings is 1. The van der Waals surface area contributed by atoms with E-state index in [1.165, 1.54) is 22.9 Å². The quantitative estimate of drug-likeness (QED) is 0.772. The van der Waals surface area contributed by atoms with E-state index in [4.69, 9.17) is 0 Å². The van der Waals surface area contributed by atoms with Crippen LogP contribution in [0.15, 0.2) is 28.7 Å². The van der Waals surface area contributed by atoms with Crippen LogP contribution in [0.1, 0.15) is 18.4 Å². The molecular formula is C10H10BrN. The van der Waals surface area contributed by atoms with Gasteiger partial charge in [0.25, 0.3) is 0 Å². The summed E-state index contributed by atoms with van der Waals surface area (Å²) >= 11 is 3.50. The van der Waals surface area contributed by atoms with Crippen LogP contribution < -0.4 is 5.32 Å². The maximum Gasteiger partial charge on any atom is 0.0467 e. The number of hydrogen-bond donors (Lipinski definition) is 1. The van der Waals surface area contributed by atoms with E-state index in [-0.39, 0.29) is 0 Å². The van der Waals surface area contributed by atoms with Crippen LogP contribution in [0.5, 0.6) is 0 Å². The fraction of sp³-hybridized carbons (Fsp3) is 0.400. The van der Waals surface area contributed by atoms with Gasteiger partial charge in [-0.25, -0.2) is 0 Å². The molecule has 1 saturated carbocycles. The summed E-state index contributed by atoms with van der Waals surface area (Å²) in [4.78, 5) is 0. The average molecular weight is 224 g/mol. The zero-order valence-corrected chi connectivity index (χ0v) is 8.26. The van der Waals surface area contributed by atoms with E-state index in [1.807, 2.05) is 0 Å². The van der Waals surface area contributed by atoms with Crippen molar-refractivity contribution >= 4 is 15.9 Å². The van der Waals surface area contributed by atoms with Crippen LogP contribution in [0, 0.1) is 0 Å². The molecule has 3 fully saturated rings. The van der Waals surface area contributed by atoms with Crippen molar-refractivity contribution in [3.05, 3.63) is 34.3 Å². The predicted octanol–water partition coefficient (Wildman–Crippen LogP) is 2.41. The minimum Gasteiger partial charge on any atom is -0.304 e. The van der Waals surface area contributed by atoms with Gasteiger partial charge in [0.1, 0.15) is 0 Å². The van der Waals surface area contributed by atoms with E-state index in [0.29, 0.717) is 5.54 Å². The summed E-state index contributed by atoms with van der Waals surface area (Å²) in [7, 11) is 0. The van der Waals surface area contributed by atoms with Crippen molar-refractivity contribution in [1.82, 2.24) is 5.32 Å². The summed E-state index contributed by atoms with van der Waals surface area (Å²) in [5, 5.41) is 3.54. The molecule has 4 rings (SSSR count). The zero-order valence-electron chi connectivity index (χ0n) is 6.68. The standard InChI is InChI=1S/C10H10BrN/c11-8-3-1-2-7(4-8)10-5-9(6-10)12-10/h1-4,9,12H,5-6H2. The SMILES string of the molecule is Brc1cccc(C23CC(C2)N3)c1. The van der Waals surface area contributed by atoms with Gasteiger partial charge in [0.2, 0.25) is 0 Å². The number of halogens is 1. The molecule has 0 unspecified atom stereocenters. The summed E-state index contributed by atoms with van der Waals surface area (Å²) in [5.41, 5.74) is 1.81. The van der Waals surface area contributed by atoms with Crippen molar-refractivity contribution in [3.8, 4) is 0 Å². The fourth-order valence-electron chi connectivity index (χ4n) is 2.24. The van der Waals surface area contributed by atoms with Gasteiger partial charge in [-0.3, -0.25) is 0 Å². The average Bonchev–Trinajstić information content (AvgIpc) is 1.79. The smallest absolute Gasteiger partial charge is 0.0467 e. The Labute approximate surface area is 80.3 Å². The Morgan fingerprint density at radius 3 is 2.67 bits per heavy atom. The first-order valence-corrected chi connectivity index (χ1v) is 5.12. The summed E-state index contributed by atoms with van der Waals surface area (Å²) in [6.07, 6.45) is 2.67. The molecular weight excluding hydrogens is 214 g/mol. The van der Waals surface area contributed by atoms with Gasteiger partial charge >= 0.3 is 0 Å². The summed E-state index contributed by atoms with van der Waals surface area (Å²) < 4.78 is 1.19. The Morgan fingerprint density at radius 1 is 1.42 bits per heavy atom. The molecule has 0 atom stereocenters. The molecule has 1 aliphatic carbocycles. The minimum absolute atomic E-state index is 0.369. The molecule has 1 aromatic carbocycles. The molecule has 0 aromatic heterocycles. The summed E-state index contributed by atoms with van der Waals surface area (Å²) in [6.45, 7) is 0. The second-order valence-electron chi connectivity index (χ2n) is 3.84. The molecule has 1 aromatic rings. The molecule has 3 aliphatic rings. The van der Waals surface area contributed by atoms with Gasteiger partial charge in [-0.15, -0.1) is 0 Å². The van der Waals surface area contributed by atoms with E-state index in [2.05, 4.69) is 45.5 Å². The molecule has 62 valence electrons. The Morgan fingerprint density at radius 2 is 2.17 bits per heavy atom. The first kappa shape index (κ1) is 7.10. The predicted molar refractivity (Wildman–Crippen MR) is 52.0 cm³/mol. The molecule has 0 radical (unpaired) electrons. The number of nitrogens with one attached hydrogen (secondary N) is 1. The van der Waals surface area contributed by atoms with Gasteiger partial charge in [-0.05, 0) is 30.5 Å². The van der Waals surface area contributed by atoms with Gasteiger partial charge in [-0.2, -0.15) is 0 Å². The van der Waals surface area contributed by atoms with Crippen molar-refractivity contribution in [2.45, 2.75) is 24.4 Å². The molecule has 1 N–H and O–H groups in total. The van der Waals surface area contributed by atoms with Crippen LogP contribution >= 0.6 is 15.9 Å². The summed E-state index contributed by atoms with van der Waals surface area (Å²) in [6, 6.07) is 9.45. The second kappa shape index (κ2) is 2.12. The molecule has 2 aliphatic heterocycles. The Kier molecular flexibility index (Phi) is 1.25. The van der Waals surface area contributed by atoms with Crippen molar-refractivity contribution in [2.24, 2.45) is 0 Å². The second-order valence-corrected chi connectivity index (χ2v) is 4.76. The van der Waals surface area contributed by atoms with E-state index in [0.717, 1.165) is 6.04 Å². The minimum atomic E-state index is 0.369. The molecule has 2 heterocycles. The van der Waals surface area contributed by atoms with Crippen molar-refractivity contribution in [2.75, 3.05) is 0 Å². The van der Waals surface area contributed by atoms with Gasteiger partial charge in [0, 0.05) is 16.1 Å². The zero-order chi connectivity index (χ0) is 8.18. The van der Waals surface area contributed by atoms with E-state index in [9.17, 15) is 0 Å². The highest BCUT2D eigenvalue weighted by molar-refractivity contribution is 9.10. The third kappa shape index (κ3) is 0.771. The lowest BCUT2D eigenvalue weighted by atomic mass is 9.59. The third-order valence-corrected chi connectivity index (χ3v) is 3.54. The van der Waals surface area contributed by atoms with E-state index < -0.39 is 0 Å². The fourth-order valence-corrected chi connectivity index (χ4v) is 2.63. The molecule has 2 saturated heterocycles. The van der Waals surface area contributed by atoms with Gasteiger partial charge in [-0.1, -0.05) is 28.1 Å². The highest BCUT2D eigenvalue weighted by Crippen LogP contribution is 2.52. The highest BCUT2D eigenvalue weighted by Gasteiger charge is 2.57. The molecule has 2 heteroatoms. The van der Waals surface area contributed by atoms with Crippen LogP contribution in [0.4, 0.5) is 0 Å². The van der Waals surface area contributed by atoms with Gasteiger partial charge in [0.05, 0.1) is 0 Å². The Bertz CT molecular complexity index is 317. The lowest BCUT2D eigenvalue weighted by Crippen LogP contribution is -2.74. The molecule has 0 amide bonds. The highest BCUT2D eigenvalue weighted by atomic mass is 79.9. The maximum atomic E-state index is 3.54. The van der Waals surface area contributed by atoms with Crippen molar-refractivity contribution in [1.29, 1.82) is 0 Å². The summed E-state index contributed by atoms with van der Waals surface area (Å²) in [5.74, 6) is 0. The monoisotopic (exact) mass is 223 g/mol. The van der Waals surface area contributed by atoms with Crippen LogP contribution in [-0.2, 0) is 5.54 Å². The van der Waals surface area contributed by atoms with Crippen molar-refractivity contribution in [3.63, 3.8) is 0 Å². The number of hydrogen-bond acceptors (Lipinski definition) is 1. The maximum absolute atomic E-state index is 3.54. The van der Waals surface area contributed by atoms with Crippen LogP contribution in [0.2, 0.25) is 0 Å². The molecule has 12 heavy (non-hydrogen) atoms. The van der Waals surface area contributed by atoms with Gasteiger partial charge in [0.15, 0.2) is 0 Å². The van der Waals surface area contributed by atoms with E-state index in [1.54, 1.807) is 0 Å². The topological polar surface area (TPSA) is 12.0 Å². The first-order chi connectivity index (χ1) is 5.78. The molecule has 2 bridgehead atoms. The number of rotatable bonds is 1. The third-order valence-electron chi connectivity index (χ3n) is 3.05. The van der Waals surface area contributed by atoms with Crippen molar-refractivity contribution < 1.29 is 0 Å². The van der Waals surface area contributed by atoms with Crippen LogP contribution in [0.25, 0.3) is 0 Å². The Hall–Kier alpha value is -0.340. The molecule has 0 spiro atoms. The lowest BCUT2D eigenvalue weighted by molar-refractivity contribution is -0.0219. The van der Waals surface area contributed by atoms with Crippen LogP contribution in [0.3, 0.4) is 0 Å². The van der Waals surface area contributed by atoms with E-state index >= 15 is 0 Å². The Balaban J connectivity index is 2.01. The van der Waals surface area contributed by atoms with Gasteiger partial charge < -0.3 is 5.32 Å². The van der Waals surface area contributed by atoms with Crippen LogP contribution in [-0.4, -0.2) is 6.04 Å². The lowest BCUT2D eigenvalue weighted by Gasteiger charge is -2.63. The normalized spacial score (nSPS) is 36.9.